The number of aryl methyl sites for hydroxylation is 3. The van der Waals surface area contributed by atoms with E-state index in [0.29, 0.717) is 0 Å². The molecular formula is C66H84S4. The van der Waals surface area contributed by atoms with E-state index in [2.05, 4.69) is 131 Å². The van der Waals surface area contributed by atoms with Crippen molar-refractivity contribution in [1.82, 2.24) is 0 Å². The van der Waals surface area contributed by atoms with Crippen molar-refractivity contribution in [1.29, 1.82) is 0 Å². The molecule has 0 nitrogen and oxygen atoms in total. The molecule has 0 aliphatic rings. The number of benzene rings is 1. The number of unbranched alkanes of at least 4 members (excludes halogenated alkanes) is 27. The Hall–Kier alpha value is -3.92. The van der Waals surface area contributed by atoms with Gasteiger partial charge in [0, 0.05) is 29.6 Å². The fraction of sp³-hybridized carbons (Fsp3) is 0.545. The second-order valence-electron chi connectivity index (χ2n) is 19.4. The zero-order valence-corrected chi connectivity index (χ0v) is 47.0. The molecule has 372 valence electrons. The second kappa shape index (κ2) is 36.1. The van der Waals surface area contributed by atoms with Gasteiger partial charge in [-0.15, -0.1) is 45.3 Å². The van der Waals surface area contributed by atoms with Crippen molar-refractivity contribution in [3.8, 4) is 19.5 Å². The van der Waals surface area contributed by atoms with Crippen LogP contribution in [0.15, 0.2) is 98.9 Å². The first-order valence-electron chi connectivity index (χ1n) is 28.0. The number of hydrogen-bond donors (Lipinski definition) is 0. The molecule has 4 heterocycles. The van der Waals surface area contributed by atoms with E-state index in [0.717, 1.165) is 12.8 Å². The first kappa shape index (κ1) is 57.0. The number of thiophene rings is 4. The molecule has 0 bridgehead atoms. The summed E-state index contributed by atoms with van der Waals surface area (Å²) in [6, 6.07) is 9.87. The van der Waals surface area contributed by atoms with Crippen molar-refractivity contribution in [2.45, 2.75) is 233 Å². The van der Waals surface area contributed by atoms with Crippen LogP contribution in [-0.2, 0) is 19.3 Å². The van der Waals surface area contributed by atoms with Crippen LogP contribution in [0.4, 0.5) is 0 Å². The molecule has 0 aliphatic carbocycles. The Bertz CT molecular complexity index is 2590. The van der Waals surface area contributed by atoms with Crippen molar-refractivity contribution < 1.29 is 0 Å². The summed E-state index contributed by atoms with van der Waals surface area (Å²) in [6.45, 7) is 10.4. The topological polar surface area (TPSA) is 0 Å². The Balaban J connectivity index is 1.46. The molecule has 5 rings (SSSR count). The smallest absolute Gasteiger partial charge is 0.0521 e. The Labute approximate surface area is 441 Å². The Morgan fingerprint density at radius 3 is 1.24 bits per heavy atom. The van der Waals surface area contributed by atoms with Crippen LogP contribution in [0.5, 0.6) is 0 Å². The number of rotatable bonds is 36. The van der Waals surface area contributed by atoms with Crippen LogP contribution in [0.2, 0.25) is 0 Å². The van der Waals surface area contributed by atoms with Gasteiger partial charge in [0.2, 0.25) is 0 Å². The van der Waals surface area contributed by atoms with E-state index in [4.69, 9.17) is 0 Å². The van der Waals surface area contributed by atoms with Crippen LogP contribution in [0.1, 0.15) is 236 Å². The van der Waals surface area contributed by atoms with Crippen molar-refractivity contribution in [3.05, 3.63) is 121 Å². The molecule has 0 spiro atoms. The van der Waals surface area contributed by atoms with Crippen LogP contribution >= 0.6 is 45.3 Å². The number of fused-ring (bicyclic) bond motifs is 2. The maximum atomic E-state index is 3.46. The van der Waals surface area contributed by atoms with Gasteiger partial charge in [-0.25, -0.2) is 0 Å². The largest absolute Gasteiger partial charge is 0.143 e. The average Bonchev–Trinajstić information content (AvgIpc) is 4.21. The van der Waals surface area contributed by atoms with Gasteiger partial charge < -0.3 is 0 Å². The van der Waals surface area contributed by atoms with Gasteiger partial charge in [-0.2, -0.15) is 0 Å². The zero-order valence-electron chi connectivity index (χ0n) is 43.7. The van der Waals surface area contributed by atoms with Gasteiger partial charge in [-0.05, 0) is 160 Å². The van der Waals surface area contributed by atoms with E-state index in [-0.39, 0.29) is 0 Å². The monoisotopic (exact) mass is 1000 g/mol. The molecule has 0 unspecified atom stereocenters. The minimum Gasteiger partial charge on any atom is -0.143 e. The fourth-order valence-electron chi connectivity index (χ4n) is 9.79. The molecular weight excluding hydrogens is 921 g/mol. The van der Waals surface area contributed by atoms with E-state index >= 15 is 0 Å². The average molecular weight is 1010 g/mol. The quantitative estimate of drug-likeness (QED) is 0.0277. The maximum Gasteiger partial charge on any atom is 0.0521 e. The molecule has 70 heavy (non-hydrogen) atoms. The Kier molecular flexibility index (Phi) is 29.4. The molecule has 0 amide bonds. The predicted molar refractivity (Wildman–Crippen MR) is 316 cm³/mol. The Morgan fingerprint density at radius 2 is 0.786 bits per heavy atom. The normalized spacial score (nSPS) is 10.7. The van der Waals surface area contributed by atoms with E-state index in [1.54, 1.807) is 26.8 Å². The highest BCUT2D eigenvalue weighted by Gasteiger charge is 2.22. The molecule has 0 fully saturated rings. The van der Waals surface area contributed by atoms with Crippen molar-refractivity contribution in [2.24, 2.45) is 0 Å². The van der Waals surface area contributed by atoms with E-state index in [1.165, 1.54) is 234 Å². The maximum absolute atomic E-state index is 3.46. The predicted octanol–water partition coefficient (Wildman–Crippen LogP) is 23.2. The van der Waals surface area contributed by atoms with Gasteiger partial charge in [0.15, 0.2) is 0 Å². The summed E-state index contributed by atoms with van der Waals surface area (Å²) in [5, 5.41) is 7.64. The van der Waals surface area contributed by atoms with E-state index in [1.807, 2.05) is 40.1 Å². The van der Waals surface area contributed by atoms with Gasteiger partial charge in [-0.3, -0.25) is 0 Å². The fourth-order valence-corrected chi connectivity index (χ4v) is 14.5. The van der Waals surface area contributed by atoms with Crippen molar-refractivity contribution in [3.63, 3.8) is 0 Å². The lowest BCUT2D eigenvalue weighted by molar-refractivity contribution is 0.556. The molecule has 4 aromatic heterocycles. The first-order valence-corrected chi connectivity index (χ1v) is 31.4. The summed E-state index contributed by atoms with van der Waals surface area (Å²) in [4.78, 5) is 5.69. The molecule has 1 aromatic carbocycles. The summed E-state index contributed by atoms with van der Waals surface area (Å²) in [5.41, 5.74) is 33.5. The lowest BCUT2D eigenvalue weighted by atomic mass is 9.94. The molecule has 0 N–H and O–H groups in total. The summed E-state index contributed by atoms with van der Waals surface area (Å²) < 4.78 is 3.09. The standard InChI is InChI=1S/C66H84S4/c1-5-9-13-17-21-25-29-33-37-41-45-55-49-51-67-63(55)61-53-59-57(47-43-39-35-31-27-23-19-15-11-7-3)66-60(58(65(59)69-61)48-44-40-36-32-28-24-20-16-12-8-4)54-62(70-66)64-56(50-52-68-64)46-42-38-34-30-26-22-18-14-10-6-2/h45,49-54H,1,6-8,10-12,14-16,18-20,22-24,26-28,30-32,34-36,38-40,42-44,46-48H2,2-4H3. The lowest BCUT2D eigenvalue weighted by Crippen LogP contribution is -1.93. The Morgan fingerprint density at radius 1 is 0.414 bits per heavy atom. The van der Waals surface area contributed by atoms with Gasteiger partial charge in [0.1, 0.15) is 0 Å². The van der Waals surface area contributed by atoms with E-state index < -0.39 is 0 Å². The molecule has 0 aliphatic heterocycles. The summed E-state index contributed by atoms with van der Waals surface area (Å²) in [5.74, 6) is 0. The third-order valence-electron chi connectivity index (χ3n) is 13.7. The van der Waals surface area contributed by atoms with E-state index in [9.17, 15) is 0 Å². The van der Waals surface area contributed by atoms with Crippen LogP contribution in [-0.4, -0.2) is 0 Å². The lowest BCUT2D eigenvalue weighted by Gasteiger charge is -2.12. The summed E-state index contributed by atoms with van der Waals surface area (Å²) in [7, 11) is 0. The van der Waals surface area contributed by atoms with Crippen molar-refractivity contribution in [2.75, 3.05) is 0 Å². The highest BCUT2D eigenvalue weighted by atomic mass is 32.1. The molecule has 0 saturated carbocycles. The number of hydrogen-bond acceptors (Lipinski definition) is 4. The summed E-state index contributed by atoms with van der Waals surface area (Å²) >= 11 is 7.95. The second-order valence-corrected chi connectivity index (χ2v) is 23.3. The third-order valence-corrected chi connectivity index (χ3v) is 18.4. The van der Waals surface area contributed by atoms with Crippen molar-refractivity contribution >= 4 is 71.6 Å². The molecule has 4 heteroatoms. The van der Waals surface area contributed by atoms with Gasteiger partial charge >= 0.3 is 0 Å². The highest BCUT2D eigenvalue weighted by Crippen LogP contribution is 2.49. The highest BCUT2D eigenvalue weighted by molar-refractivity contribution is 7.27. The van der Waals surface area contributed by atoms with Gasteiger partial charge in [-0.1, -0.05) is 206 Å². The van der Waals surface area contributed by atoms with Crippen LogP contribution in [0.3, 0.4) is 0 Å². The third kappa shape index (κ3) is 20.3. The van der Waals surface area contributed by atoms with Crippen LogP contribution in [0.25, 0.3) is 45.8 Å². The zero-order chi connectivity index (χ0) is 49.1. The SMILES string of the molecule is C=C=C=C=C=C=C=C=C=C=C=Cc1ccsc1-c1cc2c(CCCCCCCCCCCC)c3sc(-c4sccc4CCCCCCCCCCCC)cc3c(CCCCCCCCCCCC)c2s1. The molecule has 5 aromatic rings. The summed E-state index contributed by atoms with van der Waals surface area (Å²) in [6.07, 6.45) is 46.6. The minimum atomic E-state index is 1.15. The molecule has 0 radical (unpaired) electrons. The van der Waals surface area contributed by atoms with Gasteiger partial charge in [0.05, 0.1) is 4.88 Å². The minimum absolute atomic E-state index is 1.15. The van der Waals surface area contributed by atoms with Gasteiger partial charge in [0.25, 0.3) is 0 Å². The van der Waals surface area contributed by atoms with Crippen LogP contribution < -0.4 is 0 Å². The van der Waals surface area contributed by atoms with Crippen LogP contribution in [0, 0.1) is 0 Å². The molecule has 0 atom stereocenters. The first-order chi connectivity index (χ1) is 34.7. The molecule has 0 saturated heterocycles.